The summed E-state index contributed by atoms with van der Waals surface area (Å²) in [5.74, 6) is -1.46. The second-order valence-electron chi connectivity index (χ2n) is 6.14. The highest BCUT2D eigenvalue weighted by molar-refractivity contribution is 9.11. The second kappa shape index (κ2) is 5.34. The van der Waals surface area contributed by atoms with Crippen LogP contribution in [0.2, 0.25) is 0 Å². The molecule has 7 nitrogen and oxygen atoms in total. The third kappa shape index (κ3) is 2.23. The molecule has 24 heavy (non-hydrogen) atoms. The van der Waals surface area contributed by atoms with Gasteiger partial charge in [0.05, 0.1) is 29.7 Å². The molecular formula is C14H12Br2N2O5S. The van der Waals surface area contributed by atoms with Gasteiger partial charge in [0.2, 0.25) is 21.8 Å². The molecule has 2 N–H and O–H groups in total. The average Bonchev–Trinajstić information content (AvgIpc) is 3.10. The first-order chi connectivity index (χ1) is 11.2. The number of nitrogens with two attached hydrogens (primary N) is 1. The Hall–Kier alpha value is -0.810. The van der Waals surface area contributed by atoms with Crippen LogP contribution in [0.1, 0.15) is 12.8 Å². The topological polar surface area (TPSA) is 107 Å². The van der Waals surface area contributed by atoms with Crippen molar-refractivity contribution in [2.75, 3.05) is 4.90 Å². The summed E-state index contributed by atoms with van der Waals surface area (Å²) in [6, 6.07) is 2.84. The van der Waals surface area contributed by atoms with E-state index in [1.807, 2.05) is 0 Å². The lowest BCUT2D eigenvalue weighted by atomic mass is 9.81. The molecular weight excluding hydrogens is 468 g/mol. The molecule has 10 heteroatoms. The van der Waals surface area contributed by atoms with Crippen LogP contribution in [0.5, 0.6) is 0 Å². The number of sulfonamides is 1. The number of rotatable bonds is 2. The molecule has 0 aliphatic carbocycles. The zero-order chi connectivity index (χ0) is 17.4. The molecule has 2 amide bonds. The van der Waals surface area contributed by atoms with E-state index in [0.717, 1.165) is 17.7 Å². The van der Waals surface area contributed by atoms with Crippen LogP contribution < -0.4 is 10.0 Å². The highest BCUT2D eigenvalue weighted by Crippen LogP contribution is 2.50. The number of fused-ring (bicyclic) bond motifs is 5. The summed E-state index contributed by atoms with van der Waals surface area (Å²) >= 11 is 6.31. The van der Waals surface area contributed by atoms with Crippen molar-refractivity contribution < 1.29 is 22.7 Å². The summed E-state index contributed by atoms with van der Waals surface area (Å²) in [7, 11) is -3.96. The molecule has 3 fully saturated rings. The van der Waals surface area contributed by atoms with Crippen molar-refractivity contribution in [3.05, 3.63) is 21.1 Å². The van der Waals surface area contributed by atoms with Crippen molar-refractivity contribution in [3.63, 3.8) is 0 Å². The monoisotopic (exact) mass is 478 g/mol. The average molecular weight is 480 g/mol. The number of hydrogen-bond acceptors (Lipinski definition) is 5. The minimum atomic E-state index is -3.96. The molecule has 128 valence electrons. The molecule has 3 aliphatic rings. The number of primary sulfonamides is 1. The van der Waals surface area contributed by atoms with Crippen LogP contribution in [-0.4, -0.2) is 32.4 Å². The highest BCUT2D eigenvalue weighted by Gasteiger charge is 2.62. The molecule has 0 aromatic heterocycles. The van der Waals surface area contributed by atoms with Gasteiger partial charge in [-0.15, -0.1) is 0 Å². The SMILES string of the molecule is NS(=O)(=O)c1c(Br)cc(N2C(=O)[C@@H]3[C@H](C2=O)[C@H]2CC[C@@H]3O2)cc1Br. The Balaban J connectivity index is 1.78. The van der Waals surface area contributed by atoms with E-state index in [-0.39, 0.29) is 37.9 Å². The molecule has 4 rings (SSSR count). The summed E-state index contributed by atoms with van der Waals surface area (Å²) in [6.07, 6.45) is 1.18. The first-order valence-electron chi connectivity index (χ1n) is 7.25. The van der Waals surface area contributed by atoms with Gasteiger partial charge in [-0.3, -0.25) is 9.59 Å². The van der Waals surface area contributed by atoms with Gasteiger partial charge in [0.15, 0.2) is 0 Å². The molecule has 0 unspecified atom stereocenters. The number of ether oxygens (including phenoxy) is 1. The molecule has 0 radical (unpaired) electrons. The smallest absolute Gasteiger partial charge is 0.240 e. The molecule has 3 aliphatic heterocycles. The van der Waals surface area contributed by atoms with Crippen LogP contribution in [0.3, 0.4) is 0 Å². The number of benzene rings is 1. The maximum Gasteiger partial charge on any atom is 0.240 e. The number of anilines is 1. The maximum atomic E-state index is 12.7. The Labute approximate surface area is 154 Å². The molecule has 1 aromatic carbocycles. The predicted octanol–water partition coefficient (Wildman–Crippen LogP) is 1.53. The lowest BCUT2D eigenvalue weighted by Crippen LogP contribution is -2.34. The molecule has 3 heterocycles. The van der Waals surface area contributed by atoms with Gasteiger partial charge in [-0.1, -0.05) is 0 Å². The summed E-state index contributed by atoms with van der Waals surface area (Å²) in [5.41, 5.74) is 0.310. The number of halogens is 2. The summed E-state index contributed by atoms with van der Waals surface area (Å²) in [6.45, 7) is 0. The predicted molar refractivity (Wildman–Crippen MR) is 90.6 cm³/mol. The van der Waals surface area contributed by atoms with E-state index in [9.17, 15) is 18.0 Å². The van der Waals surface area contributed by atoms with Gasteiger partial charge in [-0.25, -0.2) is 18.5 Å². The van der Waals surface area contributed by atoms with Crippen LogP contribution in [0.25, 0.3) is 0 Å². The van der Waals surface area contributed by atoms with Crippen LogP contribution in [0.15, 0.2) is 26.0 Å². The van der Waals surface area contributed by atoms with Gasteiger partial charge in [0.1, 0.15) is 4.90 Å². The fourth-order valence-corrected chi connectivity index (χ4v) is 7.09. The Morgan fingerprint density at radius 1 is 1.04 bits per heavy atom. The van der Waals surface area contributed by atoms with Crippen molar-refractivity contribution in [2.24, 2.45) is 17.0 Å². The van der Waals surface area contributed by atoms with Crippen LogP contribution >= 0.6 is 31.9 Å². The molecule has 1 aromatic rings. The number of carbonyl (C=O) groups is 2. The zero-order valence-electron chi connectivity index (χ0n) is 12.1. The number of nitrogens with zero attached hydrogens (tertiary/aromatic N) is 1. The van der Waals surface area contributed by atoms with Gasteiger partial charge in [-0.05, 0) is 56.8 Å². The number of imide groups is 1. The lowest BCUT2D eigenvalue weighted by molar-refractivity contribution is -0.124. The van der Waals surface area contributed by atoms with Gasteiger partial charge >= 0.3 is 0 Å². The van der Waals surface area contributed by atoms with E-state index in [2.05, 4.69) is 31.9 Å². The maximum absolute atomic E-state index is 12.7. The van der Waals surface area contributed by atoms with Crippen molar-refractivity contribution in [2.45, 2.75) is 29.9 Å². The van der Waals surface area contributed by atoms with Crippen molar-refractivity contribution in [3.8, 4) is 0 Å². The van der Waals surface area contributed by atoms with E-state index < -0.39 is 21.9 Å². The summed E-state index contributed by atoms with van der Waals surface area (Å²) in [4.78, 5) is 26.5. The summed E-state index contributed by atoms with van der Waals surface area (Å²) in [5, 5.41) is 5.18. The van der Waals surface area contributed by atoms with Crippen LogP contribution in [0, 0.1) is 11.8 Å². The zero-order valence-corrected chi connectivity index (χ0v) is 16.1. The van der Waals surface area contributed by atoms with Gasteiger partial charge in [-0.2, -0.15) is 0 Å². The van der Waals surface area contributed by atoms with E-state index in [0.29, 0.717) is 5.69 Å². The third-order valence-corrected chi connectivity index (χ3v) is 7.59. The third-order valence-electron chi connectivity index (χ3n) is 4.81. The number of amides is 2. The Morgan fingerprint density at radius 3 is 1.92 bits per heavy atom. The Bertz CT molecular complexity index is 836. The first kappa shape index (κ1) is 16.6. The van der Waals surface area contributed by atoms with Gasteiger partial charge < -0.3 is 4.74 Å². The number of hydrogen-bond donors (Lipinski definition) is 1. The van der Waals surface area contributed by atoms with Gasteiger partial charge in [0.25, 0.3) is 0 Å². The quantitative estimate of drug-likeness (QED) is 0.647. The van der Waals surface area contributed by atoms with Crippen LogP contribution in [-0.2, 0) is 24.3 Å². The van der Waals surface area contributed by atoms with Crippen molar-refractivity contribution in [1.82, 2.24) is 0 Å². The molecule has 4 atom stereocenters. The second-order valence-corrected chi connectivity index (χ2v) is 9.34. The molecule has 2 bridgehead atoms. The first-order valence-corrected chi connectivity index (χ1v) is 10.4. The van der Waals surface area contributed by atoms with E-state index in [4.69, 9.17) is 9.88 Å². The fourth-order valence-electron chi connectivity index (χ4n) is 3.91. The molecule has 0 saturated carbocycles. The lowest BCUT2D eigenvalue weighted by Gasteiger charge is -2.19. The Morgan fingerprint density at radius 2 is 1.50 bits per heavy atom. The van der Waals surface area contributed by atoms with Crippen molar-refractivity contribution >= 4 is 59.4 Å². The normalized spacial score (nSPS) is 31.9. The highest BCUT2D eigenvalue weighted by atomic mass is 79.9. The number of carbonyl (C=O) groups excluding carboxylic acids is 2. The fraction of sp³-hybridized carbons (Fsp3) is 0.429. The van der Waals surface area contributed by atoms with E-state index in [1.54, 1.807) is 0 Å². The minimum absolute atomic E-state index is 0.131. The molecule has 0 spiro atoms. The standard InChI is InChI=1S/C14H12Br2N2O5S/c15-6-3-5(4-7(16)12(6)24(17,21)22)18-13(19)10-8-1-2-9(23-8)11(10)14(18)20/h3-4,8-11H,1-2H2,(H2,17,21,22)/t8-,9+,10-,11+. The van der Waals surface area contributed by atoms with Gasteiger partial charge in [0, 0.05) is 8.95 Å². The largest absolute Gasteiger partial charge is 0.373 e. The van der Waals surface area contributed by atoms with E-state index >= 15 is 0 Å². The minimum Gasteiger partial charge on any atom is -0.373 e. The van der Waals surface area contributed by atoms with Crippen molar-refractivity contribution in [1.29, 1.82) is 0 Å². The van der Waals surface area contributed by atoms with E-state index in [1.165, 1.54) is 12.1 Å². The molecule has 3 saturated heterocycles. The Kier molecular flexibility index (Phi) is 3.70. The van der Waals surface area contributed by atoms with Crippen LogP contribution in [0.4, 0.5) is 5.69 Å². The summed E-state index contributed by atoms with van der Waals surface area (Å²) < 4.78 is 29.4.